The van der Waals surface area contributed by atoms with Gasteiger partial charge < -0.3 is 4.42 Å². The molecule has 0 spiro atoms. The van der Waals surface area contributed by atoms with Gasteiger partial charge in [0, 0.05) is 40.7 Å². The van der Waals surface area contributed by atoms with Crippen LogP contribution in [0.15, 0.2) is 71.9 Å². The number of fused-ring (bicyclic) bond motifs is 1. The molecule has 0 amide bonds. The third-order valence-electron chi connectivity index (χ3n) is 4.06. The van der Waals surface area contributed by atoms with Gasteiger partial charge in [0.1, 0.15) is 0 Å². The number of aromatic nitrogens is 2. The second-order valence-electron chi connectivity index (χ2n) is 5.52. The Hall–Kier alpha value is -3.10. The fourth-order valence-electron chi connectivity index (χ4n) is 2.88. The second-order valence-corrected chi connectivity index (χ2v) is 6.28. The van der Waals surface area contributed by atoms with E-state index in [1.54, 1.807) is 24.9 Å². The van der Waals surface area contributed by atoms with Crippen molar-refractivity contribution in [2.75, 3.05) is 0 Å². The lowest BCUT2D eigenvalue weighted by molar-refractivity contribution is 0.568. The largest absolute Gasteiger partial charge is 0.472 e. The molecule has 0 unspecified atom stereocenters. The van der Waals surface area contributed by atoms with Crippen molar-refractivity contribution in [1.29, 1.82) is 5.26 Å². The maximum absolute atomic E-state index is 9.75. The summed E-state index contributed by atoms with van der Waals surface area (Å²) in [4.78, 5) is 4.20. The highest BCUT2D eigenvalue weighted by atomic mass is 79.9. The highest BCUT2D eigenvalue weighted by Crippen LogP contribution is 2.31. The van der Waals surface area contributed by atoms with Crippen LogP contribution >= 0.6 is 16.1 Å². The van der Waals surface area contributed by atoms with Gasteiger partial charge in [0.05, 0.1) is 45.8 Å². The molecule has 4 nitrogen and oxygen atoms in total. The predicted octanol–water partition coefficient (Wildman–Crippen LogP) is 5.52. The SMILES string of the molecule is N#C/C(=C/c1cnccc1-c1ccoc1)c1cn(Br)c2ccccc12. The summed E-state index contributed by atoms with van der Waals surface area (Å²) in [5.74, 6) is 0. The van der Waals surface area contributed by atoms with Crippen molar-refractivity contribution in [1.82, 2.24) is 8.58 Å². The number of hydrogen-bond donors (Lipinski definition) is 0. The Morgan fingerprint density at radius 2 is 2.12 bits per heavy atom. The molecule has 1 aromatic carbocycles. The van der Waals surface area contributed by atoms with E-state index in [0.717, 1.165) is 33.2 Å². The van der Waals surface area contributed by atoms with Crippen molar-refractivity contribution in [3.05, 3.63) is 78.6 Å². The highest BCUT2D eigenvalue weighted by molar-refractivity contribution is 9.08. The van der Waals surface area contributed by atoms with Crippen LogP contribution in [-0.4, -0.2) is 8.58 Å². The maximum Gasteiger partial charge on any atom is 0.0998 e. The molecule has 0 radical (unpaired) electrons. The second kappa shape index (κ2) is 6.42. The Labute approximate surface area is 153 Å². The third-order valence-corrected chi connectivity index (χ3v) is 4.65. The first-order valence-electron chi connectivity index (χ1n) is 7.63. The molecular formula is C20H12BrN3O. The Bertz CT molecular complexity index is 1120. The average molecular weight is 390 g/mol. The van der Waals surface area contributed by atoms with Crippen LogP contribution in [0, 0.1) is 11.3 Å². The maximum atomic E-state index is 9.75. The third kappa shape index (κ3) is 2.77. The predicted molar refractivity (Wildman–Crippen MR) is 102 cm³/mol. The first-order valence-corrected chi connectivity index (χ1v) is 8.34. The molecular weight excluding hydrogens is 378 g/mol. The van der Waals surface area contributed by atoms with Gasteiger partial charge in [-0.1, -0.05) is 18.2 Å². The summed E-state index contributed by atoms with van der Waals surface area (Å²) < 4.78 is 7.04. The molecule has 0 aliphatic heterocycles. The van der Waals surface area contributed by atoms with E-state index in [9.17, 15) is 5.26 Å². The van der Waals surface area contributed by atoms with E-state index in [-0.39, 0.29) is 0 Å². The molecule has 4 aromatic rings. The molecule has 3 aromatic heterocycles. The fraction of sp³-hybridized carbons (Fsp3) is 0. The number of benzene rings is 1. The van der Waals surface area contributed by atoms with Gasteiger partial charge in [-0.15, -0.1) is 0 Å². The molecule has 0 saturated heterocycles. The summed E-state index contributed by atoms with van der Waals surface area (Å²) in [6, 6.07) is 14.1. The van der Waals surface area contributed by atoms with Crippen LogP contribution in [0.3, 0.4) is 0 Å². The van der Waals surface area contributed by atoms with Crippen LogP contribution < -0.4 is 0 Å². The molecule has 0 N–H and O–H groups in total. The number of nitrogens with zero attached hydrogens (tertiary/aromatic N) is 3. The average Bonchev–Trinajstić information content (AvgIpc) is 3.29. The number of allylic oxidation sites excluding steroid dienone is 1. The summed E-state index contributed by atoms with van der Waals surface area (Å²) in [6.07, 6.45) is 10.6. The normalized spacial score (nSPS) is 11.6. The lowest BCUT2D eigenvalue weighted by Gasteiger charge is -2.04. The molecule has 0 saturated carbocycles. The van der Waals surface area contributed by atoms with E-state index in [1.165, 1.54) is 0 Å². The molecule has 0 aliphatic rings. The monoisotopic (exact) mass is 389 g/mol. The summed E-state index contributed by atoms with van der Waals surface area (Å²) in [7, 11) is 0. The van der Waals surface area contributed by atoms with Gasteiger partial charge in [0.2, 0.25) is 0 Å². The van der Waals surface area contributed by atoms with Gasteiger partial charge in [0.15, 0.2) is 0 Å². The zero-order chi connectivity index (χ0) is 17.2. The van der Waals surface area contributed by atoms with Gasteiger partial charge in [0.25, 0.3) is 0 Å². The van der Waals surface area contributed by atoms with Gasteiger partial charge in [-0.3, -0.25) is 8.58 Å². The minimum atomic E-state index is 0.576. The van der Waals surface area contributed by atoms with Crippen LogP contribution in [0.1, 0.15) is 11.1 Å². The van der Waals surface area contributed by atoms with Gasteiger partial charge in [-0.2, -0.15) is 5.26 Å². The smallest absolute Gasteiger partial charge is 0.0998 e. The van der Waals surface area contributed by atoms with Crippen LogP contribution in [0.25, 0.3) is 33.7 Å². The first kappa shape index (κ1) is 15.4. The molecule has 0 bridgehead atoms. The molecule has 0 atom stereocenters. The topological polar surface area (TPSA) is 54.8 Å². The quantitative estimate of drug-likeness (QED) is 0.433. The summed E-state index contributed by atoms with van der Waals surface area (Å²) in [5.41, 5.74) is 5.25. The van der Waals surface area contributed by atoms with E-state index < -0.39 is 0 Å². The number of rotatable bonds is 3. The number of furan rings is 1. The molecule has 3 heterocycles. The highest BCUT2D eigenvalue weighted by Gasteiger charge is 2.12. The zero-order valence-electron chi connectivity index (χ0n) is 13.1. The van der Waals surface area contributed by atoms with Crippen molar-refractivity contribution < 1.29 is 4.42 Å². The molecule has 4 rings (SSSR count). The number of nitriles is 1. The van der Waals surface area contributed by atoms with Gasteiger partial charge in [-0.05, 0) is 29.8 Å². The van der Waals surface area contributed by atoms with Crippen LogP contribution in [0.2, 0.25) is 0 Å². The summed E-state index contributed by atoms with van der Waals surface area (Å²) >= 11 is 3.50. The van der Waals surface area contributed by atoms with Crippen molar-refractivity contribution >= 4 is 38.7 Å². The van der Waals surface area contributed by atoms with E-state index in [1.807, 2.05) is 52.3 Å². The van der Waals surface area contributed by atoms with Crippen LogP contribution in [0.5, 0.6) is 0 Å². The number of halogens is 1. The number of hydrogen-bond acceptors (Lipinski definition) is 3. The molecule has 5 heteroatoms. The molecule has 120 valence electrons. The molecule has 25 heavy (non-hydrogen) atoms. The fourth-order valence-corrected chi connectivity index (χ4v) is 3.40. The molecule has 0 aliphatic carbocycles. The van der Waals surface area contributed by atoms with E-state index >= 15 is 0 Å². The molecule has 0 fully saturated rings. The lowest BCUT2D eigenvalue weighted by atomic mass is 9.99. The zero-order valence-corrected chi connectivity index (χ0v) is 14.6. The summed E-state index contributed by atoms with van der Waals surface area (Å²) in [6.45, 7) is 0. The standard InChI is InChI=1S/C20H12BrN3O/c21-24-12-19(18-3-1-2-4-20(18)24)15(10-22)9-16-11-23-7-5-17(16)14-6-8-25-13-14/h1-9,11-13H/b15-9-. The Morgan fingerprint density at radius 1 is 1.24 bits per heavy atom. The van der Waals surface area contributed by atoms with E-state index in [4.69, 9.17) is 4.42 Å². The van der Waals surface area contributed by atoms with Crippen LogP contribution in [0.4, 0.5) is 0 Å². The minimum absolute atomic E-state index is 0.576. The van der Waals surface area contributed by atoms with Crippen molar-refractivity contribution in [2.24, 2.45) is 0 Å². The van der Waals surface area contributed by atoms with Crippen molar-refractivity contribution in [3.63, 3.8) is 0 Å². The van der Waals surface area contributed by atoms with Crippen molar-refractivity contribution in [2.45, 2.75) is 0 Å². The minimum Gasteiger partial charge on any atom is -0.472 e. The first-order chi connectivity index (χ1) is 12.3. The number of para-hydroxylation sites is 1. The number of pyridine rings is 1. The van der Waals surface area contributed by atoms with Crippen LogP contribution in [-0.2, 0) is 0 Å². The van der Waals surface area contributed by atoms with Gasteiger partial charge in [-0.25, -0.2) is 0 Å². The van der Waals surface area contributed by atoms with Crippen molar-refractivity contribution in [3.8, 4) is 17.2 Å². The Morgan fingerprint density at radius 3 is 2.92 bits per heavy atom. The van der Waals surface area contributed by atoms with Gasteiger partial charge >= 0.3 is 0 Å². The lowest BCUT2D eigenvalue weighted by Crippen LogP contribution is -1.86. The summed E-state index contributed by atoms with van der Waals surface area (Å²) in [5, 5.41) is 10.8. The Balaban J connectivity index is 1.90. The van der Waals surface area contributed by atoms with E-state index in [2.05, 4.69) is 27.2 Å². The Kier molecular flexibility index (Phi) is 3.96. The van der Waals surface area contributed by atoms with E-state index in [0.29, 0.717) is 5.57 Å².